The summed E-state index contributed by atoms with van der Waals surface area (Å²) in [5.74, 6) is 0.783. The third-order valence-electron chi connectivity index (χ3n) is 5.62. The van der Waals surface area contributed by atoms with Crippen LogP contribution in [0.2, 0.25) is 0 Å². The molecule has 0 saturated carbocycles. The number of anilines is 1. The van der Waals surface area contributed by atoms with E-state index in [1.54, 1.807) is 30.1 Å². The van der Waals surface area contributed by atoms with Crippen LogP contribution in [0.1, 0.15) is 16.1 Å². The summed E-state index contributed by atoms with van der Waals surface area (Å²) in [7, 11) is 1.73. The second kappa shape index (κ2) is 11.5. The third kappa shape index (κ3) is 5.71. The molecule has 2 aliphatic heterocycles. The average Bonchev–Trinajstić information content (AvgIpc) is 3.35. The number of amides is 1. The van der Waals surface area contributed by atoms with E-state index in [9.17, 15) is 9.18 Å². The number of piperazine rings is 1. The molecule has 8 nitrogen and oxygen atoms in total. The first kappa shape index (κ1) is 24.3. The number of guanidine groups is 1. The topological polar surface area (TPSA) is 73.6 Å². The minimum absolute atomic E-state index is 0. The molecular formula is C22H29FIN5O3. The predicted molar refractivity (Wildman–Crippen MR) is 131 cm³/mol. The van der Waals surface area contributed by atoms with E-state index in [4.69, 9.17) is 9.15 Å². The summed E-state index contributed by atoms with van der Waals surface area (Å²) in [5.41, 5.74) is 1.47. The summed E-state index contributed by atoms with van der Waals surface area (Å²) in [4.78, 5) is 22.7. The maximum atomic E-state index is 14.6. The van der Waals surface area contributed by atoms with E-state index in [1.165, 1.54) is 6.26 Å². The number of aliphatic imine (C=N–C) groups is 1. The molecule has 0 bridgehead atoms. The van der Waals surface area contributed by atoms with Crippen molar-refractivity contribution in [1.82, 2.24) is 15.1 Å². The Morgan fingerprint density at radius 2 is 1.81 bits per heavy atom. The molecule has 2 fully saturated rings. The van der Waals surface area contributed by atoms with E-state index in [2.05, 4.69) is 15.2 Å². The van der Waals surface area contributed by atoms with Crippen molar-refractivity contribution in [2.75, 3.05) is 64.4 Å². The molecule has 174 valence electrons. The average molecular weight is 557 g/mol. The SMILES string of the molecule is CN=C(NCc1ccc(N2CCOCC2)c(F)c1)N1CCN(C(=O)c2ccco2)CC1.I. The van der Waals surface area contributed by atoms with Gasteiger partial charge in [-0.3, -0.25) is 9.79 Å². The van der Waals surface area contributed by atoms with Gasteiger partial charge in [-0.25, -0.2) is 4.39 Å². The molecule has 32 heavy (non-hydrogen) atoms. The van der Waals surface area contributed by atoms with Gasteiger partial charge in [0.05, 0.1) is 25.2 Å². The monoisotopic (exact) mass is 557 g/mol. The molecule has 1 amide bonds. The van der Waals surface area contributed by atoms with Crippen molar-refractivity contribution in [2.24, 2.45) is 4.99 Å². The summed E-state index contributed by atoms with van der Waals surface area (Å²) in [6.45, 7) is 5.63. The Labute approximate surface area is 204 Å². The predicted octanol–water partition coefficient (Wildman–Crippen LogP) is 2.41. The zero-order valence-corrected chi connectivity index (χ0v) is 20.5. The molecule has 0 spiro atoms. The van der Waals surface area contributed by atoms with Crippen molar-refractivity contribution in [3.05, 3.63) is 53.7 Å². The van der Waals surface area contributed by atoms with Gasteiger partial charge in [-0.2, -0.15) is 0 Å². The van der Waals surface area contributed by atoms with E-state index in [0.717, 1.165) is 11.5 Å². The van der Waals surface area contributed by atoms with Gasteiger partial charge in [0.15, 0.2) is 11.7 Å². The number of halogens is 2. The van der Waals surface area contributed by atoms with Crippen molar-refractivity contribution in [3.8, 4) is 0 Å². The number of morpholine rings is 1. The summed E-state index contributed by atoms with van der Waals surface area (Å²) in [5, 5.41) is 3.31. The third-order valence-corrected chi connectivity index (χ3v) is 5.62. The first-order chi connectivity index (χ1) is 15.2. The smallest absolute Gasteiger partial charge is 0.289 e. The number of hydrogen-bond donors (Lipinski definition) is 1. The number of furan rings is 1. The number of rotatable bonds is 4. The van der Waals surface area contributed by atoms with Gasteiger partial charge in [-0.1, -0.05) is 6.07 Å². The lowest BCUT2D eigenvalue weighted by Gasteiger charge is -2.36. The van der Waals surface area contributed by atoms with Crippen LogP contribution in [-0.2, 0) is 11.3 Å². The summed E-state index contributed by atoms with van der Waals surface area (Å²) in [6.07, 6.45) is 1.51. The second-order valence-electron chi connectivity index (χ2n) is 7.54. The van der Waals surface area contributed by atoms with Crippen LogP contribution in [0.5, 0.6) is 0 Å². The Balaban J connectivity index is 0.00000289. The van der Waals surface area contributed by atoms with E-state index in [-0.39, 0.29) is 35.7 Å². The largest absolute Gasteiger partial charge is 0.459 e. The molecule has 0 aliphatic carbocycles. The van der Waals surface area contributed by atoms with Gasteiger partial charge in [0.1, 0.15) is 5.82 Å². The summed E-state index contributed by atoms with van der Waals surface area (Å²) in [6, 6.07) is 8.74. The number of carbonyl (C=O) groups excluding carboxylic acids is 1. The fourth-order valence-electron chi connectivity index (χ4n) is 3.91. The zero-order chi connectivity index (χ0) is 21.6. The fourth-order valence-corrected chi connectivity index (χ4v) is 3.91. The van der Waals surface area contributed by atoms with Gasteiger partial charge in [0.25, 0.3) is 5.91 Å². The lowest BCUT2D eigenvalue weighted by atomic mass is 10.1. The molecule has 0 unspecified atom stereocenters. The van der Waals surface area contributed by atoms with Crippen LogP contribution in [0.4, 0.5) is 10.1 Å². The first-order valence-electron chi connectivity index (χ1n) is 10.5. The second-order valence-corrected chi connectivity index (χ2v) is 7.54. The maximum Gasteiger partial charge on any atom is 0.289 e. The number of carbonyl (C=O) groups is 1. The van der Waals surface area contributed by atoms with Gasteiger partial charge in [-0.15, -0.1) is 24.0 Å². The number of nitrogens with one attached hydrogen (secondary N) is 1. The standard InChI is InChI=1S/C22H28FN5O3.HI/c1-24-22(28-8-6-27(7-9-28)21(29)20-3-2-12-31-20)25-16-17-4-5-19(18(23)15-17)26-10-13-30-14-11-26;/h2-5,12,15H,6-11,13-14,16H2,1H3,(H,24,25);1H. The van der Waals surface area contributed by atoms with Crippen molar-refractivity contribution >= 4 is 41.5 Å². The van der Waals surface area contributed by atoms with Crippen molar-refractivity contribution < 1.29 is 18.3 Å². The Morgan fingerprint density at radius 1 is 1.09 bits per heavy atom. The highest BCUT2D eigenvalue weighted by Gasteiger charge is 2.25. The van der Waals surface area contributed by atoms with Crippen LogP contribution in [0.25, 0.3) is 0 Å². The van der Waals surface area contributed by atoms with E-state index in [1.807, 2.05) is 17.0 Å². The molecule has 2 aromatic rings. The van der Waals surface area contributed by atoms with Crippen molar-refractivity contribution in [1.29, 1.82) is 0 Å². The minimum atomic E-state index is -0.221. The molecule has 2 aliphatic rings. The van der Waals surface area contributed by atoms with Gasteiger partial charge in [0, 0.05) is 52.9 Å². The zero-order valence-electron chi connectivity index (χ0n) is 18.1. The van der Waals surface area contributed by atoms with Crippen LogP contribution in [-0.4, -0.2) is 81.2 Å². The quantitative estimate of drug-likeness (QED) is 0.354. The molecule has 0 radical (unpaired) electrons. The molecule has 2 saturated heterocycles. The number of nitrogens with zero attached hydrogens (tertiary/aromatic N) is 4. The molecule has 4 rings (SSSR count). The summed E-state index contributed by atoms with van der Waals surface area (Å²) < 4.78 is 25.2. The van der Waals surface area contributed by atoms with Crippen LogP contribution >= 0.6 is 24.0 Å². The van der Waals surface area contributed by atoms with Gasteiger partial charge < -0.3 is 29.2 Å². The Hall–Kier alpha value is -2.34. The van der Waals surface area contributed by atoms with Crippen LogP contribution in [0, 0.1) is 5.82 Å². The van der Waals surface area contributed by atoms with Gasteiger partial charge in [-0.05, 0) is 29.8 Å². The normalized spacial score (nSPS) is 17.2. The first-order valence-corrected chi connectivity index (χ1v) is 10.5. The molecule has 3 heterocycles. The van der Waals surface area contributed by atoms with E-state index in [0.29, 0.717) is 70.5 Å². The van der Waals surface area contributed by atoms with Crippen LogP contribution < -0.4 is 10.2 Å². The maximum absolute atomic E-state index is 14.6. The molecule has 1 N–H and O–H groups in total. The highest BCUT2D eigenvalue weighted by atomic mass is 127. The molecule has 10 heteroatoms. The van der Waals surface area contributed by atoms with Crippen LogP contribution in [0.15, 0.2) is 46.0 Å². The molecule has 0 atom stereocenters. The van der Waals surface area contributed by atoms with Crippen LogP contribution in [0.3, 0.4) is 0 Å². The Bertz CT molecular complexity index is 910. The number of ether oxygens (including phenoxy) is 1. The Kier molecular flexibility index (Phi) is 8.74. The van der Waals surface area contributed by atoms with Crippen molar-refractivity contribution in [2.45, 2.75) is 6.54 Å². The van der Waals surface area contributed by atoms with E-state index >= 15 is 0 Å². The fraction of sp³-hybridized carbons (Fsp3) is 0.455. The van der Waals surface area contributed by atoms with E-state index < -0.39 is 0 Å². The lowest BCUT2D eigenvalue weighted by molar-refractivity contribution is 0.0657. The summed E-state index contributed by atoms with van der Waals surface area (Å²) >= 11 is 0. The lowest BCUT2D eigenvalue weighted by Crippen LogP contribution is -2.53. The highest BCUT2D eigenvalue weighted by molar-refractivity contribution is 14.0. The van der Waals surface area contributed by atoms with Gasteiger partial charge in [0.2, 0.25) is 0 Å². The van der Waals surface area contributed by atoms with Crippen molar-refractivity contribution in [3.63, 3.8) is 0 Å². The minimum Gasteiger partial charge on any atom is -0.459 e. The molecular weight excluding hydrogens is 528 g/mol. The molecule has 1 aromatic carbocycles. The highest BCUT2D eigenvalue weighted by Crippen LogP contribution is 2.21. The number of hydrogen-bond acceptors (Lipinski definition) is 5. The Morgan fingerprint density at radius 3 is 2.44 bits per heavy atom. The molecule has 1 aromatic heterocycles. The number of benzene rings is 1. The van der Waals surface area contributed by atoms with Gasteiger partial charge >= 0.3 is 0 Å².